The first-order valence-electron chi connectivity index (χ1n) is 4.85. The van der Waals surface area contributed by atoms with E-state index in [1.807, 2.05) is 0 Å². The molecule has 1 N–H and O–H groups in total. The van der Waals surface area contributed by atoms with Crippen LogP contribution in [-0.2, 0) is 11.3 Å². The van der Waals surface area contributed by atoms with E-state index in [4.69, 9.17) is 5.11 Å². The molecule has 0 saturated heterocycles. The van der Waals surface area contributed by atoms with E-state index in [0.29, 0.717) is 5.56 Å². The van der Waals surface area contributed by atoms with Crippen molar-refractivity contribution in [1.29, 1.82) is 0 Å². The SMILES string of the molecule is Cc1ccn(CCOCC(F)(F)F)c1C(=O)O. The van der Waals surface area contributed by atoms with Crippen molar-refractivity contribution in [1.82, 2.24) is 4.57 Å². The highest BCUT2D eigenvalue weighted by molar-refractivity contribution is 5.87. The number of aryl methyl sites for hydroxylation is 1. The predicted molar refractivity (Wildman–Crippen MR) is 53.0 cm³/mol. The van der Waals surface area contributed by atoms with E-state index in [0.717, 1.165) is 0 Å². The molecule has 0 radical (unpaired) electrons. The molecule has 0 unspecified atom stereocenters. The number of aromatic nitrogens is 1. The summed E-state index contributed by atoms with van der Waals surface area (Å²) < 4.78 is 41.1. The Hall–Kier alpha value is -1.50. The Morgan fingerprint density at radius 2 is 2.18 bits per heavy atom. The number of alkyl halides is 3. The zero-order valence-electron chi connectivity index (χ0n) is 9.12. The van der Waals surface area contributed by atoms with Gasteiger partial charge in [0.2, 0.25) is 0 Å². The Labute approximate surface area is 95.6 Å². The van der Waals surface area contributed by atoms with Crippen LogP contribution in [0.2, 0.25) is 0 Å². The maximum Gasteiger partial charge on any atom is 0.411 e. The van der Waals surface area contributed by atoms with Crippen LogP contribution < -0.4 is 0 Å². The van der Waals surface area contributed by atoms with Gasteiger partial charge in [-0.2, -0.15) is 13.2 Å². The van der Waals surface area contributed by atoms with Crippen molar-refractivity contribution in [3.8, 4) is 0 Å². The second-order valence-corrected chi connectivity index (χ2v) is 3.51. The van der Waals surface area contributed by atoms with Crippen molar-refractivity contribution in [2.75, 3.05) is 13.2 Å². The van der Waals surface area contributed by atoms with Gasteiger partial charge >= 0.3 is 12.1 Å². The molecule has 17 heavy (non-hydrogen) atoms. The number of carboxylic acids is 1. The van der Waals surface area contributed by atoms with Crippen LogP contribution >= 0.6 is 0 Å². The van der Waals surface area contributed by atoms with Gasteiger partial charge in [0.25, 0.3) is 0 Å². The van der Waals surface area contributed by atoms with Crippen molar-refractivity contribution < 1.29 is 27.8 Å². The lowest BCUT2D eigenvalue weighted by atomic mass is 10.3. The number of nitrogens with zero attached hydrogens (tertiary/aromatic N) is 1. The first kappa shape index (κ1) is 13.6. The molecule has 1 heterocycles. The van der Waals surface area contributed by atoms with Gasteiger partial charge in [-0.1, -0.05) is 0 Å². The molecule has 0 aromatic carbocycles. The Bertz CT molecular complexity index is 398. The van der Waals surface area contributed by atoms with Crippen molar-refractivity contribution in [2.45, 2.75) is 19.6 Å². The van der Waals surface area contributed by atoms with Crippen molar-refractivity contribution in [3.05, 3.63) is 23.5 Å². The number of hydrogen-bond acceptors (Lipinski definition) is 2. The van der Waals surface area contributed by atoms with Gasteiger partial charge in [-0.15, -0.1) is 0 Å². The lowest BCUT2D eigenvalue weighted by Gasteiger charge is -2.09. The first-order chi connectivity index (χ1) is 7.81. The van der Waals surface area contributed by atoms with Crippen LogP contribution in [0.3, 0.4) is 0 Å². The Morgan fingerprint density at radius 1 is 1.53 bits per heavy atom. The third-order valence-electron chi connectivity index (χ3n) is 2.11. The standard InChI is InChI=1S/C10H12F3NO3/c1-7-2-3-14(8(7)9(15)16)4-5-17-6-10(11,12)13/h2-3H,4-6H2,1H3,(H,15,16). The summed E-state index contributed by atoms with van der Waals surface area (Å²) in [6.45, 7) is 0.186. The van der Waals surface area contributed by atoms with Gasteiger partial charge in [0.05, 0.1) is 6.61 Å². The van der Waals surface area contributed by atoms with Crippen LogP contribution in [0.4, 0.5) is 13.2 Å². The van der Waals surface area contributed by atoms with Gasteiger partial charge in [0.1, 0.15) is 12.3 Å². The molecule has 0 fully saturated rings. The molecule has 7 heteroatoms. The fourth-order valence-electron chi connectivity index (χ4n) is 1.41. The third kappa shape index (κ3) is 4.10. The largest absolute Gasteiger partial charge is 0.477 e. The topological polar surface area (TPSA) is 51.5 Å². The molecule has 0 aliphatic rings. The molecule has 1 aromatic rings. The Balaban J connectivity index is 2.50. The minimum atomic E-state index is -4.36. The summed E-state index contributed by atoms with van der Waals surface area (Å²) in [4.78, 5) is 10.9. The quantitative estimate of drug-likeness (QED) is 0.815. The molecule has 1 rings (SSSR count). The normalized spacial score (nSPS) is 11.8. The number of rotatable bonds is 5. The number of halogens is 3. The smallest absolute Gasteiger partial charge is 0.411 e. The highest BCUT2D eigenvalue weighted by Gasteiger charge is 2.27. The predicted octanol–water partition coefficient (Wildman–Crippen LogP) is 2.07. The number of carbonyl (C=O) groups is 1. The minimum Gasteiger partial charge on any atom is -0.477 e. The van der Waals surface area contributed by atoms with E-state index in [1.165, 1.54) is 10.8 Å². The van der Waals surface area contributed by atoms with E-state index in [2.05, 4.69) is 4.74 Å². The fourth-order valence-corrected chi connectivity index (χ4v) is 1.41. The highest BCUT2D eigenvalue weighted by atomic mass is 19.4. The molecule has 0 spiro atoms. The lowest BCUT2D eigenvalue weighted by Crippen LogP contribution is -2.20. The number of hydrogen-bond donors (Lipinski definition) is 1. The summed E-state index contributed by atoms with van der Waals surface area (Å²) in [5.74, 6) is -1.11. The molecule has 1 aromatic heterocycles. The van der Waals surface area contributed by atoms with Gasteiger partial charge in [-0.25, -0.2) is 4.79 Å². The monoisotopic (exact) mass is 251 g/mol. The van der Waals surface area contributed by atoms with Crippen LogP contribution in [0.5, 0.6) is 0 Å². The van der Waals surface area contributed by atoms with Crippen LogP contribution in [0.1, 0.15) is 16.1 Å². The number of aromatic carboxylic acids is 1. The van der Waals surface area contributed by atoms with E-state index < -0.39 is 18.8 Å². The molecule has 0 atom stereocenters. The maximum atomic E-state index is 11.8. The second-order valence-electron chi connectivity index (χ2n) is 3.51. The molecule has 0 amide bonds. The average molecular weight is 251 g/mol. The molecule has 4 nitrogen and oxygen atoms in total. The Morgan fingerprint density at radius 3 is 2.71 bits per heavy atom. The second kappa shape index (κ2) is 5.22. The summed E-state index contributed by atoms with van der Waals surface area (Å²) in [7, 11) is 0. The molecular formula is C10H12F3NO3. The van der Waals surface area contributed by atoms with Crippen LogP contribution in [0.25, 0.3) is 0 Å². The average Bonchev–Trinajstić information content (AvgIpc) is 2.53. The minimum absolute atomic E-state index is 0.0700. The van der Waals surface area contributed by atoms with E-state index >= 15 is 0 Å². The summed E-state index contributed by atoms with van der Waals surface area (Å²) in [6.07, 6.45) is -2.85. The van der Waals surface area contributed by atoms with Crippen molar-refractivity contribution in [3.63, 3.8) is 0 Å². The van der Waals surface area contributed by atoms with Gasteiger partial charge in [-0.3, -0.25) is 0 Å². The van der Waals surface area contributed by atoms with Gasteiger partial charge in [0.15, 0.2) is 0 Å². The third-order valence-corrected chi connectivity index (χ3v) is 2.11. The highest BCUT2D eigenvalue weighted by Crippen LogP contribution is 2.15. The van der Waals surface area contributed by atoms with Crippen molar-refractivity contribution >= 4 is 5.97 Å². The molecule has 0 bridgehead atoms. The van der Waals surface area contributed by atoms with Gasteiger partial charge < -0.3 is 14.4 Å². The van der Waals surface area contributed by atoms with E-state index in [1.54, 1.807) is 13.0 Å². The zero-order chi connectivity index (χ0) is 13.1. The van der Waals surface area contributed by atoms with E-state index in [-0.39, 0.29) is 18.8 Å². The van der Waals surface area contributed by atoms with Gasteiger partial charge in [-0.05, 0) is 18.6 Å². The number of ether oxygens (including phenoxy) is 1. The summed E-state index contributed by atoms with van der Waals surface area (Å²) in [5.41, 5.74) is 0.633. The fraction of sp³-hybridized carbons (Fsp3) is 0.500. The lowest BCUT2D eigenvalue weighted by molar-refractivity contribution is -0.174. The van der Waals surface area contributed by atoms with E-state index in [9.17, 15) is 18.0 Å². The summed E-state index contributed by atoms with van der Waals surface area (Å²) in [6, 6.07) is 1.59. The van der Waals surface area contributed by atoms with Crippen LogP contribution in [-0.4, -0.2) is 35.0 Å². The van der Waals surface area contributed by atoms with Gasteiger partial charge in [0, 0.05) is 12.7 Å². The molecule has 0 aliphatic carbocycles. The molecule has 0 saturated carbocycles. The van der Waals surface area contributed by atoms with Crippen molar-refractivity contribution in [2.24, 2.45) is 0 Å². The van der Waals surface area contributed by atoms with Crippen LogP contribution in [0.15, 0.2) is 12.3 Å². The molecular weight excluding hydrogens is 239 g/mol. The van der Waals surface area contributed by atoms with Crippen LogP contribution in [0, 0.1) is 6.92 Å². The summed E-state index contributed by atoms with van der Waals surface area (Å²) in [5, 5.41) is 8.88. The maximum absolute atomic E-state index is 11.8. The molecule has 96 valence electrons. The number of carboxylic acid groups (broad SMARTS) is 1. The Kier molecular flexibility index (Phi) is 4.17. The zero-order valence-corrected chi connectivity index (χ0v) is 9.12. The first-order valence-corrected chi connectivity index (χ1v) is 4.85. The molecule has 0 aliphatic heterocycles. The summed E-state index contributed by atoms with van der Waals surface area (Å²) >= 11 is 0.